The predicted molar refractivity (Wildman–Crippen MR) is 128 cm³/mol. The zero-order valence-electron chi connectivity index (χ0n) is 19.1. The van der Waals surface area contributed by atoms with Gasteiger partial charge in [0, 0.05) is 11.3 Å². The summed E-state index contributed by atoms with van der Waals surface area (Å²) >= 11 is 0. The number of rotatable bonds is 1. The number of hydrogen-bond acceptors (Lipinski definition) is 5. The smallest absolute Gasteiger partial charge is 0.153 e. The molecule has 5 N–H and O–H groups in total. The van der Waals surface area contributed by atoms with Gasteiger partial charge in [0.2, 0.25) is 0 Å². The fraction of sp³-hybridized carbons (Fsp3) is 0.556. The number of nitrogens with one attached hydrogen (secondary N) is 1. The fourth-order valence-electron chi connectivity index (χ4n) is 7.70. The summed E-state index contributed by atoms with van der Waals surface area (Å²) in [7, 11) is 0. The van der Waals surface area contributed by atoms with Gasteiger partial charge in [0.1, 0.15) is 5.41 Å². The first kappa shape index (κ1) is 20.9. The first-order valence-corrected chi connectivity index (χ1v) is 12.3. The van der Waals surface area contributed by atoms with Gasteiger partial charge in [0.05, 0.1) is 23.3 Å². The molecule has 4 aliphatic rings. The van der Waals surface area contributed by atoms with E-state index < -0.39 is 11.0 Å². The Labute approximate surface area is 194 Å². The van der Waals surface area contributed by atoms with E-state index in [2.05, 4.69) is 47.5 Å². The lowest BCUT2D eigenvalue weighted by molar-refractivity contribution is -0.143. The Hall–Kier alpha value is -2.62. The van der Waals surface area contributed by atoms with Crippen molar-refractivity contribution < 1.29 is 10.2 Å². The van der Waals surface area contributed by atoms with Gasteiger partial charge in [0.25, 0.3) is 0 Å². The number of nitrogen functional groups attached to an aromatic ring is 1. The highest BCUT2D eigenvalue weighted by atomic mass is 16.3. The summed E-state index contributed by atoms with van der Waals surface area (Å²) in [6, 6.07) is 8.84. The van der Waals surface area contributed by atoms with Crippen LogP contribution in [0.5, 0.6) is 0 Å². The van der Waals surface area contributed by atoms with Crippen LogP contribution in [0.1, 0.15) is 63.9 Å². The molecule has 2 aromatic rings. The molecule has 1 aromatic carbocycles. The average molecular weight is 445 g/mol. The topological polar surface area (TPSA) is 119 Å². The minimum atomic E-state index is -1.08. The van der Waals surface area contributed by atoms with Crippen molar-refractivity contribution in [1.29, 1.82) is 5.26 Å². The number of aliphatic hydroxyl groups is 2. The standard InChI is InChI=1S/C27H32N4O2/c1-25-10-11-26(15-28)14-18-12-19(32)4-2-16(18)8-9-27(26,33)23(25)7-6-21(25)17-3-5-20-22(13-17)30-31-24(20)29/h3,5-6,13-14,16,19,23,32-33H,2,4,7-12H2,1H3,(H3,29,30,31)/t16?,19?,23?,25?,26?,27-/m0/s1. The molecule has 6 atom stereocenters. The van der Waals surface area contributed by atoms with Crippen LogP contribution in [0.25, 0.3) is 16.5 Å². The normalized spacial score (nSPS) is 40.1. The number of aliphatic hydroxyl groups excluding tert-OH is 1. The van der Waals surface area contributed by atoms with Gasteiger partial charge in [-0.3, -0.25) is 5.10 Å². The largest absolute Gasteiger partial charge is 0.393 e. The van der Waals surface area contributed by atoms with Crippen LogP contribution >= 0.6 is 0 Å². The number of anilines is 1. The maximum Gasteiger partial charge on any atom is 0.153 e. The van der Waals surface area contributed by atoms with Crippen molar-refractivity contribution >= 4 is 22.3 Å². The van der Waals surface area contributed by atoms with Gasteiger partial charge in [-0.25, -0.2) is 0 Å². The third-order valence-electron chi connectivity index (χ3n) is 9.58. The second-order valence-electron chi connectivity index (χ2n) is 11.1. The maximum atomic E-state index is 12.4. The summed E-state index contributed by atoms with van der Waals surface area (Å²) in [5, 5.41) is 41.2. The molecule has 172 valence electrons. The van der Waals surface area contributed by atoms with Crippen LogP contribution in [0.3, 0.4) is 0 Å². The first-order valence-electron chi connectivity index (χ1n) is 12.3. The number of fused-ring (bicyclic) bond motifs is 5. The van der Waals surface area contributed by atoms with Crippen molar-refractivity contribution in [2.24, 2.45) is 22.7 Å². The van der Waals surface area contributed by atoms with E-state index in [0.29, 0.717) is 31.0 Å². The van der Waals surface area contributed by atoms with Crippen molar-refractivity contribution in [3.05, 3.63) is 41.5 Å². The zero-order chi connectivity index (χ0) is 23.0. The van der Waals surface area contributed by atoms with Gasteiger partial charge in [-0.1, -0.05) is 30.7 Å². The summed E-state index contributed by atoms with van der Waals surface area (Å²) in [5.41, 5.74) is 8.30. The SMILES string of the molecule is CC12CCC3(C#N)C=C4CC(O)CCC4CC[C@]3(O)C1CC=C2c1ccc2c(N)n[nH]c2c1. The summed E-state index contributed by atoms with van der Waals surface area (Å²) in [6.45, 7) is 2.27. The highest BCUT2D eigenvalue weighted by Crippen LogP contribution is 2.66. The lowest BCUT2D eigenvalue weighted by Crippen LogP contribution is -2.59. The average Bonchev–Trinajstić information content (AvgIpc) is 3.31. The van der Waals surface area contributed by atoms with Crippen molar-refractivity contribution in [3.8, 4) is 6.07 Å². The predicted octanol–water partition coefficient (Wildman–Crippen LogP) is 4.47. The number of nitrogens with two attached hydrogens (primary N) is 1. The van der Waals surface area contributed by atoms with Crippen LogP contribution in [-0.4, -0.2) is 32.1 Å². The fourth-order valence-corrected chi connectivity index (χ4v) is 7.70. The molecule has 1 heterocycles. The summed E-state index contributed by atoms with van der Waals surface area (Å²) < 4.78 is 0. The van der Waals surface area contributed by atoms with Gasteiger partial charge in [-0.05, 0) is 86.0 Å². The number of allylic oxidation sites excluding steroid dienone is 2. The Bertz CT molecular complexity index is 1240. The van der Waals surface area contributed by atoms with Crippen LogP contribution in [0.2, 0.25) is 0 Å². The molecule has 2 saturated carbocycles. The minimum absolute atomic E-state index is 0.0159. The highest BCUT2D eigenvalue weighted by molar-refractivity contribution is 5.91. The quantitative estimate of drug-likeness (QED) is 0.484. The van der Waals surface area contributed by atoms with E-state index in [1.54, 1.807) is 0 Å². The molecule has 0 radical (unpaired) electrons. The molecule has 33 heavy (non-hydrogen) atoms. The number of benzene rings is 1. The van der Waals surface area contributed by atoms with E-state index in [1.807, 2.05) is 6.07 Å². The lowest BCUT2D eigenvalue weighted by atomic mass is 9.49. The Kier molecular flexibility index (Phi) is 4.41. The second-order valence-corrected chi connectivity index (χ2v) is 11.1. The lowest BCUT2D eigenvalue weighted by Gasteiger charge is -2.56. The number of nitriles is 1. The summed E-state index contributed by atoms with van der Waals surface area (Å²) in [5.74, 6) is 0.865. The third kappa shape index (κ3) is 2.76. The molecule has 4 aliphatic carbocycles. The highest BCUT2D eigenvalue weighted by Gasteiger charge is 2.65. The number of hydrogen-bond donors (Lipinski definition) is 4. The molecular formula is C27H32N4O2. The van der Waals surface area contributed by atoms with E-state index in [4.69, 9.17) is 5.73 Å². The molecule has 6 nitrogen and oxygen atoms in total. The van der Waals surface area contributed by atoms with Crippen molar-refractivity contribution in [2.75, 3.05) is 5.73 Å². The van der Waals surface area contributed by atoms with Crippen LogP contribution < -0.4 is 5.73 Å². The Morgan fingerprint density at radius 1 is 1.21 bits per heavy atom. The minimum Gasteiger partial charge on any atom is -0.393 e. The van der Waals surface area contributed by atoms with E-state index in [0.717, 1.165) is 48.6 Å². The van der Waals surface area contributed by atoms with E-state index >= 15 is 0 Å². The van der Waals surface area contributed by atoms with Gasteiger partial charge in [0.15, 0.2) is 5.82 Å². The van der Waals surface area contributed by atoms with Gasteiger partial charge >= 0.3 is 0 Å². The molecule has 1 aromatic heterocycles. The molecular weight excluding hydrogens is 412 g/mol. The van der Waals surface area contributed by atoms with Crippen LogP contribution in [-0.2, 0) is 0 Å². The van der Waals surface area contributed by atoms with Crippen molar-refractivity contribution in [2.45, 2.75) is 70.0 Å². The van der Waals surface area contributed by atoms with Gasteiger partial charge < -0.3 is 15.9 Å². The van der Waals surface area contributed by atoms with E-state index in [-0.39, 0.29) is 17.4 Å². The van der Waals surface area contributed by atoms with Crippen molar-refractivity contribution in [1.82, 2.24) is 10.2 Å². The zero-order valence-corrected chi connectivity index (χ0v) is 19.1. The summed E-state index contributed by atoms with van der Waals surface area (Å²) in [6.07, 6.45) is 10.2. The Balaban J connectivity index is 1.41. The number of aromatic amines is 1. The molecule has 6 rings (SSSR count). The van der Waals surface area contributed by atoms with Crippen LogP contribution in [0.4, 0.5) is 5.82 Å². The van der Waals surface area contributed by atoms with Gasteiger partial charge in [-0.15, -0.1) is 0 Å². The second kappa shape index (κ2) is 6.94. The number of nitrogens with zero attached hydrogens (tertiary/aromatic N) is 2. The van der Waals surface area contributed by atoms with Gasteiger partial charge in [-0.2, -0.15) is 10.4 Å². The molecule has 6 heteroatoms. The molecule has 0 spiro atoms. The molecule has 0 aliphatic heterocycles. The molecule has 0 bridgehead atoms. The van der Waals surface area contributed by atoms with E-state index in [9.17, 15) is 15.5 Å². The number of H-pyrrole nitrogens is 1. The van der Waals surface area contributed by atoms with Crippen LogP contribution in [0, 0.1) is 34.0 Å². The first-order chi connectivity index (χ1) is 15.8. The Morgan fingerprint density at radius 3 is 2.88 bits per heavy atom. The molecule has 0 saturated heterocycles. The molecule has 5 unspecified atom stereocenters. The summed E-state index contributed by atoms with van der Waals surface area (Å²) in [4.78, 5) is 0. The molecule has 2 fully saturated rings. The third-order valence-corrected chi connectivity index (χ3v) is 9.58. The monoisotopic (exact) mass is 444 g/mol. The number of aromatic nitrogens is 2. The van der Waals surface area contributed by atoms with Crippen molar-refractivity contribution in [3.63, 3.8) is 0 Å². The Morgan fingerprint density at radius 2 is 2.06 bits per heavy atom. The van der Waals surface area contributed by atoms with Crippen LogP contribution in [0.15, 0.2) is 35.9 Å². The van der Waals surface area contributed by atoms with E-state index in [1.165, 1.54) is 11.1 Å². The molecule has 0 amide bonds. The maximum absolute atomic E-state index is 12.4.